The predicted octanol–water partition coefficient (Wildman–Crippen LogP) is 3.08. The van der Waals surface area contributed by atoms with Crippen LogP contribution in [0.3, 0.4) is 0 Å². The number of ketones is 1. The van der Waals surface area contributed by atoms with Crippen molar-refractivity contribution < 1.29 is 14.3 Å². The van der Waals surface area contributed by atoms with E-state index in [1.807, 2.05) is 50.2 Å². The van der Waals surface area contributed by atoms with Gasteiger partial charge >= 0.3 is 5.97 Å². The molecule has 0 aliphatic heterocycles. The lowest BCUT2D eigenvalue weighted by atomic mass is 10.1. The molecule has 0 unspecified atom stereocenters. The molecule has 0 radical (unpaired) electrons. The van der Waals surface area contributed by atoms with Gasteiger partial charge in [0.25, 0.3) is 0 Å². The highest BCUT2D eigenvalue weighted by molar-refractivity contribution is 7.12. The SMILES string of the molecule is Cc1cc(C(=O)COC(=O)/C(=C/c2ccccc2)n2nnnc2C)c(C)s1. The van der Waals surface area contributed by atoms with Crippen LogP contribution in [-0.2, 0) is 9.53 Å². The van der Waals surface area contributed by atoms with Gasteiger partial charge in [-0.3, -0.25) is 4.79 Å². The Balaban J connectivity index is 1.82. The highest BCUT2D eigenvalue weighted by Gasteiger charge is 2.20. The summed E-state index contributed by atoms with van der Waals surface area (Å²) in [6, 6.07) is 11.1. The molecule has 0 aliphatic rings. The Labute approximate surface area is 160 Å². The van der Waals surface area contributed by atoms with Crippen molar-refractivity contribution in [2.24, 2.45) is 0 Å². The van der Waals surface area contributed by atoms with Crippen molar-refractivity contribution in [2.45, 2.75) is 20.8 Å². The molecule has 3 aromatic rings. The first-order chi connectivity index (χ1) is 13.0. The van der Waals surface area contributed by atoms with E-state index in [-0.39, 0.29) is 18.1 Å². The maximum absolute atomic E-state index is 12.7. The monoisotopic (exact) mass is 382 g/mol. The van der Waals surface area contributed by atoms with Crippen LogP contribution >= 0.6 is 11.3 Å². The zero-order chi connectivity index (χ0) is 19.4. The van der Waals surface area contributed by atoms with Crippen molar-refractivity contribution in [1.82, 2.24) is 20.2 Å². The van der Waals surface area contributed by atoms with Gasteiger partial charge in [-0.2, -0.15) is 4.68 Å². The van der Waals surface area contributed by atoms with Gasteiger partial charge in [0.15, 0.2) is 18.1 Å². The van der Waals surface area contributed by atoms with E-state index >= 15 is 0 Å². The summed E-state index contributed by atoms with van der Waals surface area (Å²) in [5.41, 5.74) is 1.50. The van der Waals surface area contributed by atoms with Crippen molar-refractivity contribution in [3.63, 3.8) is 0 Å². The second kappa shape index (κ2) is 8.05. The summed E-state index contributed by atoms with van der Waals surface area (Å²) in [5.74, 6) is -0.477. The van der Waals surface area contributed by atoms with Gasteiger partial charge in [0.05, 0.1) is 0 Å². The van der Waals surface area contributed by atoms with E-state index < -0.39 is 5.97 Å². The molecule has 0 atom stereocenters. The summed E-state index contributed by atoms with van der Waals surface area (Å²) in [4.78, 5) is 27.0. The molecule has 8 heteroatoms. The van der Waals surface area contributed by atoms with Crippen LogP contribution in [0.25, 0.3) is 11.8 Å². The van der Waals surface area contributed by atoms with Crippen molar-refractivity contribution in [3.8, 4) is 0 Å². The molecular weight excluding hydrogens is 364 g/mol. The van der Waals surface area contributed by atoms with Crippen molar-refractivity contribution in [2.75, 3.05) is 6.61 Å². The molecule has 3 rings (SSSR count). The quantitative estimate of drug-likeness (QED) is 0.370. The number of aromatic nitrogens is 4. The third-order valence-electron chi connectivity index (χ3n) is 3.84. The summed E-state index contributed by atoms with van der Waals surface area (Å²) >= 11 is 1.54. The lowest BCUT2D eigenvalue weighted by Crippen LogP contribution is -2.19. The van der Waals surface area contributed by atoms with E-state index in [1.54, 1.807) is 13.0 Å². The normalized spacial score (nSPS) is 11.4. The minimum absolute atomic E-state index is 0.134. The molecular formula is C19H18N4O3S. The molecule has 1 aromatic carbocycles. The number of tetrazole rings is 1. The Morgan fingerprint density at radius 1 is 1.19 bits per heavy atom. The number of benzene rings is 1. The lowest BCUT2D eigenvalue weighted by Gasteiger charge is -2.08. The van der Waals surface area contributed by atoms with Gasteiger partial charge in [-0.05, 0) is 48.9 Å². The molecule has 0 spiro atoms. The second-order valence-corrected chi connectivity index (χ2v) is 7.36. The minimum atomic E-state index is -0.674. The number of ether oxygens (including phenoxy) is 1. The first-order valence-corrected chi connectivity index (χ1v) is 9.07. The van der Waals surface area contributed by atoms with Crippen LogP contribution in [0.4, 0.5) is 0 Å². The molecule has 0 saturated heterocycles. The van der Waals surface area contributed by atoms with E-state index in [1.165, 1.54) is 16.0 Å². The van der Waals surface area contributed by atoms with Crippen LogP contribution in [0.5, 0.6) is 0 Å². The van der Waals surface area contributed by atoms with E-state index in [0.717, 1.165) is 15.3 Å². The Kier molecular flexibility index (Phi) is 5.56. The smallest absolute Gasteiger partial charge is 0.357 e. The number of hydrogen-bond acceptors (Lipinski definition) is 7. The highest BCUT2D eigenvalue weighted by Crippen LogP contribution is 2.21. The molecule has 27 heavy (non-hydrogen) atoms. The van der Waals surface area contributed by atoms with Gasteiger partial charge < -0.3 is 4.74 Å². The summed E-state index contributed by atoms with van der Waals surface area (Å²) in [6.45, 7) is 5.14. The van der Waals surface area contributed by atoms with Gasteiger partial charge in [0.2, 0.25) is 5.78 Å². The molecule has 0 N–H and O–H groups in total. The number of hydrogen-bond donors (Lipinski definition) is 0. The van der Waals surface area contributed by atoms with E-state index in [2.05, 4.69) is 15.5 Å². The third-order valence-corrected chi connectivity index (χ3v) is 4.81. The molecule has 0 bridgehead atoms. The zero-order valence-electron chi connectivity index (χ0n) is 15.2. The maximum Gasteiger partial charge on any atom is 0.357 e. The number of nitrogens with zero attached hydrogens (tertiary/aromatic N) is 4. The minimum Gasteiger partial charge on any atom is -0.453 e. The van der Waals surface area contributed by atoms with Gasteiger partial charge in [-0.15, -0.1) is 16.4 Å². The Morgan fingerprint density at radius 3 is 2.52 bits per heavy atom. The van der Waals surface area contributed by atoms with Crippen LogP contribution in [0.1, 0.15) is 31.5 Å². The summed E-state index contributed by atoms with van der Waals surface area (Å²) in [6.07, 6.45) is 1.62. The number of carbonyl (C=O) groups is 2. The standard InChI is InChI=1S/C19H18N4O3S/c1-12-9-16(13(2)27-12)18(24)11-26-19(25)17(23-14(3)20-21-22-23)10-15-7-5-4-6-8-15/h4-10H,11H2,1-3H3/b17-10-. The van der Waals surface area contributed by atoms with E-state index in [4.69, 9.17) is 4.74 Å². The fraction of sp³-hybridized carbons (Fsp3) is 0.211. The zero-order valence-corrected chi connectivity index (χ0v) is 16.0. The number of Topliss-reactive ketones (excluding diaryl/α,β-unsaturated/α-hetero) is 1. The van der Waals surface area contributed by atoms with Crippen LogP contribution in [0, 0.1) is 20.8 Å². The van der Waals surface area contributed by atoms with Gasteiger partial charge in [-0.1, -0.05) is 30.3 Å². The molecule has 0 amide bonds. The van der Waals surface area contributed by atoms with Crippen LogP contribution < -0.4 is 0 Å². The average molecular weight is 382 g/mol. The van der Waals surface area contributed by atoms with E-state index in [9.17, 15) is 9.59 Å². The van der Waals surface area contributed by atoms with E-state index in [0.29, 0.717) is 11.4 Å². The molecule has 2 aromatic heterocycles. The molecule has 0 aliphatic carbocycles. The Morgan fingerprint density at radius 2 is 1.93 bits per heavy atom. The molecule has 0 saturated carbocycles. The van der Waals surface area contributed by atoms with Gasteiger partial charge in [0.1, 0.15) is 0 Å². The number of aryl methyl sites for hydroxylation is 3. The Hall–Kier alpha value is -3.13. The van der Waals surface area contributed by atoms with Crippen LogP contribution in [0.15, 0.2) is 36.4 Å². The number of thiophene rings is 1. The van der Waals surface area contributed by atoms with Crippen molar-refractivity contribution >= 4 is 34.9 Å². The first kappa shape index (κ1) is 18.7. The number of rotatable bonds is 6. The fourth-order valence-corrected chi connectivity index (χ4v) is 3.50. The maximum atomic E-state index is 12.7. The van der Waals surface area contributed by atoms with Crippen LogP contribution in [0.2, 0.25) is 0 Å². The summed E-state index contributed by atoms with van der Waals surface area (Å²) < 4.78 is 6.56. The van der Waals surface area contributed by atoms with Gasteiger partial charge in [0, 0.05) is 15.3 Å². The third kappa shape index (κ3) is 4.35. The largest absolute Gasteiger partial charge is 0.453 e. The van der Waals surface area contributed by atoms with Crippen LogP contribution in [-0.4, -0.2) is 38.6 Å². The highest BCUT2D eigenvalue weighted by atomic mass is 32.1. The lowest BCUT2D eigenvalue weighted by molar-refractivity contribution is -0.136. The second-order valence-electron chi connectivity index (χ2n) is 5.90. The topological polar surface area (TPSA) is 87.0 Å². The van der Waals surface area contributed by atoms with Crippen molar-refractivity contribution in [1.29, 1.82) is 0 Å². The predicted molar refractivity (Wildman–Crippen MR) is 102 cm³/mol. The number of carbonyl (C=O) groups excluding carboxylic acids is 2. The number of esters is 1. The molecule has 138 valence electrons. The molecule has 2 heterocycles. The summed E-state index contributed by atoms with van der Waals surface area (Å²) in [5, 5.41) is 11.2. The summed E-state index contributed by atoms with van der Waals surface area (Å²) in [7, 11) is 0. The molecule has 7 nitrogen and oxygen atoms in total. The Bertz CT molecular complexity index is 1010. The van der Waals surface area contributed by atoms with Crippen molar-refractivity contribution in [3.05, 3.63) is 63.1 Å². The average Bonchev–Trinajstić information content (AvgIpc) is 3.22. The fourth-order valence-electron chi connectivity index (χ4n) is 2.56. The first-order valence-electron chi connectivity index (χ1n) is 8.25. The molecule has 0 fully saturated rings. The van der Waals surface area contributed by atoms with Gasteiger partial charge in [-0.25, -0.2) is 4.79 Å².